The third-order valence-electron chi connectivity index (χ3n) is 2.60. The Bertz CT molecular complexity index is 169. The number of aliphatic hydroxyl groups excluding tert-OH is 3. The molecule has 0 aromatic rings. The highest BCUT2D eigenvalue weighted by Crippen LogP contribution is 2.27. The largest absolute Gasteiger partial charge is 0.394 e. The van der Waals surface area contributed by atoms with Crippen LogP contribution in [0.5, 0.6) is 0 Å². The number of ether oxygens (including phenoxy) is 1. The summed E-state index contributed by atoms with van der Waals surface area (Å²) in [4.78, 5) is 0. The quantitative estimate of drug-likeness (QED) is 0.529. The fraction of sp³-hybridized carbons (Fsp3) is 1.00. The van der Waals surface area contributed by atoms with Crippen LogP contribution in [0.2, 0.25) is 0 Å². The zero-order chi connectivity index (χ0) is 10.1. The zero-order valence-corrected chi connectivity index (χ0v) is 8.10. The molecular formula is C9H18O4. The Balaban J connectivity index is 2.70. The molecule has 3 N–H and O–H groups in total. The van der Waals surface area contributed by atoms with Gasteiger partial charge in [-0.2, -0.15) is 0 Å². The van der Waals surface area contributed by atoms with Crippen molar-refractivity contribution in [2.75, 3.05) is 6.61 Å². The summed E-state index contributed by atoms with van der Waals surface area (Å²) in [7, 11) is 0. The van der Waals surface area contributed by atoms with Gasteiger partial charge in [-0.15, -0.1) is 0 Å². The van der Waals surface area contributed by atoms with Crippen LogP contribution in [0.3, 0.4) is 0 Å². The molecule has 0 radical (unpaired) electrons. The first-order chi connectivity index (χ1) is 5.97. The van der Waals surface area contributed by atoms with Crippen molar-refractivity contribution in [3.63, 3.8) is 0 Å². The lowest BCUT2D eigenvalue weighted by Crippen LogP contribution is -2.42. The van der Waals surface area contributed by atoms with Gasteiger partial charge in [-0.25, -0.2) is 0 Å². The molecule has 0 amide bonds. The van der Waals surface area contributed by atoms with E-state index in [2.05, 4.69) is 0 Å². The molecule has 0 bridgehead atoms. The lowest BCUT2D eigenvalue weighted by molar-refractivity contribution is -0.155. The summed E-state index contributed by atoms with van der Waals surface area (Å²) in [6.07, 6.45) is -0.868. The molecule has 0 aromatic heterocycles. The van der Waals surface area contributed by atoms with Gasteiger partial charge in [0.25, 0.3) is 0 Å². The van der Waals surface area contributed by atoms with Gasteiger partial charge < -0.3 is 20.1 Å². The first-order valence-corrected chi connectivity index (χ1v) is 4.62. The maximum Gasteiger partial charge on any atom is 0.107 e. The van der Waals surface area contributed by atoms with Gasteiger partial charge >= 0.3 is 0 Å². The van der Waals surface area contributed by atoms with Crippen molar-refractivity contribution in [1.82, 2.24) is 0 Å². The van der Waals surface area contributed by atoms with Gasteiger partial charge in [-0.1, -0.05) is 0 Å². The number of aliphatic hydroxyl groups is 3. The molecule has 4 nitrogen and oxygen atoms in total. The monoisotopic (exact) mass is 190 g/mol. The van der Waals surface area contributed by atoms with Gasteiger partial charge in [0.15, 0.2) is 0 Å². The van der Waals surface area contributed by atoms with Gasteiger partial charge in [0.1, 0.15) is 6.10 Å². The van der Waals surface area contributed by atoms with Crippen molar-refractivity contribution in [3.8, 4) is 0 Å². The molecule has 0 saturated carbocycles. The molecule has 0 aliphatic carbocycles. The third kappa shape index (κ3) is 2.40. The van der Waals surface area contributed by atoms with Crippen molar-refractivity contribution < 1.29 is 20.1 Å². The summed E-state index contributed by atoms with van der Waals surface area (Å²) in [5.41, 5.74) is -0.690. The molecule has 0 spiro atoms. The average molecular weight is 190 g/mol. The second-order valence-corrected chi connectivity index (χ2v) is 4.10. The second-order valence-electron chi connectivity index (χ2n) is 4.10. The van der Waals surface area contributed by atoms with Crippen LogP contribution in [0.15, 0.2) is 0 Å². The molecular weight excluding hydrogens is 172 g/mol. The van der Waals surface area contributed by atoms with Gasteiger partial charge in [0.05, 0.1) is 24.4 Å². The van der Waals surface area contributed by atoms with Gasteiger partial charge in [-0.05, 0) is 26.7 Å². The predicted molar refractivity (Wildman–Crippen MR) is 47.3 cm³/mol. The van der Waals surface area contributed by atoms with E-state index < -0.39 is 23.9 Å². The molecule has 1 aliphatic rings. The average Bonchev–Trinajstić information content (AvgIpc) is 2.16. The Labute approximate surface area is 78.1 Å². The van der Waals surface area contributed by atoms with Crippen LogP contribution < -0.4 is 0 Å². The van der Waals surface area contributed by atoms with E-state index in [-0.39, 0.29) is 6.61 Å². The normalized spacial score (nSPS) is 39.9. The summed E-state index contributed by atoms with van der Waals surface area (Å²) < 4.78 is 5.42. The van der Waals surface area contributed by atoms with Crippen LogP contribution in [0.4, 0.5) is 0 Å². The standard InChI is InChI=1S/C9H18O4/c1-9(2)8(12)4-3-6(11)7(5-10)13-9/h6-8,10-12H,3-5H2,1-2H3. The molecule has 3 atom stereocenters. The first kappa shape index (κ1) is 10.9. The van der Waals surface area contributed by atoms with Crippen LogP contribution in [-0.4, -0.2) is 45.8 Å². The number of rotatable bonds is 1. The molecule has 1 rings (SSSR count). The lowest BCUT2D eigenvalue weighted by atomic mass is 9.98. The molecule has 13 heavy (non-hydrogen) atoms. The Morgan fingerprint density at radius 2 is 1.92 bits per heavy atom. The molecule has 4 heteroatoms. The topological polar surface area (TPSA) is 69.9 Å². The van der Waals surface area contributed by atoms with E-state index in [1.165, 1.54) is 0 Å². The first-order valence-electron chi connectivity index (χ1n) is 4.62. The van der Waals surface area contributed by atoms with E-state index in [4.69, 9.17) is 9.84 Å². The minimum atomic E-state index is -0.690. The minimum absolute atomic E-state index is 0.211. The van der Waals surface area contributed by atoms with Crippen molar-refractivity contribution in [2.24, 2.45) is 0 Å². The Morgan fingerprint density at radius 3 is 2.46 bits per heavy atom. The van der Waals surface area contributed by atoms with Crippen molar-refractivity contribution in [1.29, 1.82) is 0 Å². The molecule has 78 valence electrons. The molecule has 1 heterocycles. The Hall–Kier alpha value is -0.160. The smallest absolute Gasteiger partial charge is 0.107 e. The summed E-state index contributed by atoms with van der Waals surface area (Å²) in [5, 5.41) is 28.1. The Kier molecular flexibility index (Phi) is 3.29. The van der Waals surface area contributed by atoms with E-state index >= 15 is 0 Å². The zero-order valence-electron chi connectivity index (χ0n) is 8.10. The molecule has 1 aliphatic heterocycles. The molecule has 1 fully saturated rings. The lowest BCUT2D eigenvalue weighted by Gasteiger charge is -2.31. The van der Waals surface area contributed by atoms with E-state index in [0.29, 0.717) is 12.8 Å². The second kappa shape index (κ2) is 3.92. The fourth-order valence-corrected chi connectivity index (χ4v) is 1.57. The van der Waals surface area contributed by atoms with E-state index in [9.17, 15) is 10.2 Å². The van der Waals surface area contributed by atoms with Crippen LogP contribution in [0.25, 0.3) is 0 Å². The van der Waals surface area contributed by atoms with Crippen molar-refractivity contribution in [2.45, 2.75) is 50.6 Å². The summed E-state index contributed by atoms with van der Waals surface area (Å²) in [5.74, 6) is 0. The summed E-state index contributed by atoms with van der Waals surface area (Å²) in [6.45, 7) is 3.31. The van der Waals surface area contributed by atoms with E-state index in [1.807, 2.05) is 0 Å². The van der Waals surface area contributed by atoms with Gasteiger partial charge in [0.2, 0.25) is 0 Å². The minimum Gasteiger partial charge on any atom is -0.394 e. The Morgan fingerprint density at radius 1 is 1.31 bits per heavy atom. The molecule has 0 aromatic carbocycles. The van der Waals surface area contributed by atoms with Crippen LogP contribution >= 0.6 is 0 Å². The molecule has 1 saturated heterocycles. The molecule has 3 unspecified atom stereocenters. The van der Waals surface area contributed by atoms with Crippen LogP contribution in [-0.2, 0) is 4.74 Å². The van der Waals surface area contributed by atoms with E-state index in [1.54, 1.807) is 13.8 Å². The maximum absolute atomic E-state index is 9.63. The predicted octanol–water partition coefficient (Wildman–Crippen LogP) is -0.342. The van der Waals surface area contributed by atoms with Crippen LogP contribution in [0.1, 0.15) is 26.7 Å². The van der Waals surface area contributed by atoms with E-state index in [0.717, 1.165) is 0 Å². The van der Waals surface area contributed by atoms with Gasteiger partial charge in [0, 0.05) is 0 Å². The summed E-state index contributed by atoms with van der Waals surface area (Å²) in [6, 6.07) is 0. The SMILES string of the molecule is CC1(C)OC(CO)C(O)CCC1O. The maximum atomic E-state index is 9.63. The van der Waals surface area contributed by atoms with Crippen LogP contribution in [0, 0.1) is 0 Å². The summed E-state index contributed by atoms with van der Waals surface area (Å²) >= 11 is 0. The van der Waals surface area contributed by atoms with Crippen molar-refractivity contribution >= 4 is 0 Å². The highest BCUT2D eigenvalue weighted by atomic mass is 16.5. The fourth-order valence-electron chi connectivity index (χ4n) is 1.57. The number of hydrogen-bond donors (Lipinski definition) is 3. The highest BCUT2D eigenvalue weighted by Gasteiger charge is 2.37. The van der Waals surface area contributed by atoms with Gasteiger partial charge in [-0.3, -0.25) is 0 Å². The highest BCUT2D eigenvalue weighted by molar-refractivity contribution is 4.87. The van der Waals surface area contributed by atoms with Crippen molar-refractivity contribution in [3.05, 3.63) is 0 Å². The third-order valence-corrected chi connectivity index (χ3v) is 2.60. The number of hydrogen-bond acceptors (Lipinski definition) is 4.